The highest BCUT2D eigenvalue weighted by atomic mass is 19.1. The summed E-state index contributed by atoms with van der Waals surface area (Å²) in [4.78, 5) is 28.3. The molecule has 41 heavy (non-hydrogen) atoms. The highest BCUT2D eigenvalue weighted by molar-refractivity contribution is 5.87. The van der Waals surface area contributed by atoms with Crippen LogP contribution in [0.15, 0.2) is 42.7 Å². The molecule has 1 amide bonds. The van der Waals surface area contributed by atoms with E-state index in [0.717, 1.165) is 62.4 Å². The van der Waals surface area contributed by atoms with Gasteiger partial charge in [0, 0.05) is 75.5 Å². The van der Waals surface area contributed by atoms with Gasteiger partial charge in [-0.15, -0.1) is 0 Å². The lowest BCUT2D eigenvalue weighted by atomic mass is 10.0. The molecule has 0 atom stereocenters. The van der Waals surface area contributed by atoms with Gasteiger partial charge in [-0.2, -0.15) is 5.10 Å². The van der Waals surface area contributed by atoms with Crippen LogP contribution >= 0.6 is 0 Å². The molecular weight excluding hydrogens is 523 g/mol. The van der Waals surface area contributed by atoms with Gasteiger partial charge in [0.05, 0.1) is 5.69 Å². The number of aromatic nitrogens is 5. The second kappa shape index (κ2) is 14.6. The minimum Gasteiger partial charge on any atom is -0.385 e. The van der Waals surface area contributed by atoms with Gasteiger partial charge in [0.2, 0.25) is 12.4 Å². The van der Waals surface area contributed by atoms with Crippen molar-refractivity contribution in [2.45, 2.75) is 46.1 Å². The number of ether oxygens (including phenoxy) is 1. The predicted octanol–water partition coefficient (Wildman–Crippen LogP) is 5.13. The molecule has 0 aliphatic carbocycles. The van der Waals surface area contributed by atoms with Crippen molar-refractivity contribution < 1.29 is 13.9 Å². The lowest BCUT2D eigenvalue weighted by Gasteiger charge is -2.32. The Morgan fingerprint density at radius 2 is 1.95 bits per heavy atom. The highest BCUT2D eigenvalue weighted by Crippen LogP contribution is 2.30. The van der Waals surface area contributed by atoms with E-state index in [1.165, 1.54) is 18.9 Å². The molecule has 5 rings (SSSR count). The third-order valence-electron chi connectivity index (χ3n) is 6.90. The zero-order valence-electron chi connectivity index (χ0n) is 24.2. The van der Waals surface area contributed by atoms with Crippen LogP contribution in [0.4, 0.5) is 16.2 Å². The number of hydrogen-bond donors (Lipinski definition) is 2. The number of piperazine rings is 1. The Labute approximate surface area is 240 Å². The van der Waals surface area contributed by atoms with E-state index in [1.54, 1.807) is 24.3 Å². The second-order valence-corrected chi connectivity index (χ2v) is 10.4. The summed E-state index contributed by atoms with van der Waals surface area (Å²) in [6.07, 6.45) is 6.79. The first-order valence-corrected chi connectivity index (χ1v) is 14.0. The van der Waals surface area contributed by atoms with Crippen LogP contribution < -0.4 is 5.32 Å². The minimum absolute atomic E-state index is 0.187. The summed E-state index contributed by atoms with van der Waals surface area (Å²) in [5.41, 5.74) is 3.57. The molecule has 3 aromatic heterocycles. The molecule has 1 aliphatic heterocycles. The van der Waals surface area contributed by atoms with Crippen LogP contribution in [0.25, 0.3) is 22.2 Å². The monoisotopic (exact) mass is 562 g/mol. The molecule has 0 saturated carbocycles. The molecule has 1 aromatic carbocycles. The first-order chi connectivity index (χ1) is 19.9. The van der Waals surface area contributed by atoms with Gasteiger partial charge in [-0.1, -0.05) is 33.3 Å². The maximum Gasteiger partial charge on any atom is 0.228 e. The summed E-state index contributed by atoms with van der Waals surface area (Å²) in [5, 5.41) is 11.0. The number of benzene rings is 1. The first kappa shape index (κ1) is 30.0. The quantitative estimate of drug-likeness (QED) is 0.202. The third-order valence-corrected chi connectivity index (χ3v) is 6.90. The number of H-pyrrole nitrogens is 1. The van der Waals surface area contributed by atoms with Crippen LogP contribution in [0, 0.1) is 5.82 Å². The fraction of sp³-hybridized carbons (Fsp3) is 0.433. The van der Waals surface area contributed by atoms with Gasteiger partial charge in [0.1, 0.15) is 11.3 Å². The summed E-state index contributed by atoms with van der Waals surface area (Å²) in [5.74, 6) is 0.797. The fourth-order valence-corrected chi connectivity index (χ4v) is 4.54. The van der Waals surface area contributed by atoms with Crippen LogP contribution in [0.1, 0.15) is 50.8 Å². The number of hydrogen-bond acceptors (Lipinski definition) is 8. The lowest BCUT2D eigenvalue weighted by molar-refractivity contribution is -0.119. The number of methoxy groups -OCH3 is 1. The maximum atomic E-state index is 14.7. The van der Waals surface area contributed by atoms with Gasteiger partial charge >= 0.3 is 0 Å². The Morgan fingerprint density at radius 1 is 1.15 bits per heavy atom. The number of rotatable bonds is 10. The molecule has 1 fully saturated rings. The van der Waals surface area contributed by atoms with E-state index >= 15 is 0 Å². The topological polar surface area (TPSA) is 112 Å². The molecule has 10 nitrogen and oxygen atoms in total. The number of aromatic amines is 1. The highest BCUT2D eigenvalue weighted by Gasteiger charge is 2.17. The average Bonchev–Trinajstić information content (AvgIpc) is 3.43. The van der Waals surface area contributed by atoms with Gasteiger partial charge in [0.25, 0.3) is 0 Å². The predicted molar refractivity (Wildman–Crippen MR) is 158 cm³/mol. The maximum absolute atomic E-state index is 14.7. The average molecular weight is 563 g/mol. The summed E-state index contributed by atoms with van der Waals surface area (Å²) in [6, 6.07) is 9.01. The molecule has 1 aliphatic rings. The number of nitrogens with one attached hydrogen (secondary N) is 2. The molecule has 0 unspecified atom stereocenters. The van der Waals surface area contributed by atoms with Gasteiger partial charge < -0.3 is 15.0 Å². The van der Waals surface area contributed by atoms with Crippen molar-refractivity contribution in [1.82, 2.24) is 34.9 Å². The summed E-state index contributed by atoms with van der Waals surface area (Å²) < 4.78 is 19.5. The van der Waals surface area contributed by atoms with Gasteiger partial charge in [-0.05, 0) is 42.2 Å². The van der Waals surface area contributed by atoms with E-state index in [1.807, 2.05) is 38.2 Å². The number of carbonyl (C=O) groups is 1. The van der Waals surface area contributed by atoms with Gasteiger partial charge in [-0.25, -0.2) is 19.3 Å². The first-order valence-electron chi connectivity index (χ1n) is 14.0. The number of amides is 1. The Balaban J connectivity index is 0.000000585. The van der Waals surface area contributed by atoms with Crippen molar-refractivity contribution in [1.29, 1.82) is 0 Å². The molecule has 218 valence electrons. The van der Waals surface area contributed by atoms with E-state index in [0.29, 0.717) is 28.5 Å². The Kier molecular flexibility index (Phi) is 10.7. The second-order valence-electron chi connectivity index (χ2n) is 10.4. The number of anilines is 2. The van der Waals surface area contributed by atoms with E-state index < -0.39 is 5.82 Å². The molecule has 0 spiro atoms. The van der Waals surface area contributed by atoms with E-state index in [-0.39, 0.29) is 5.92 Å². The van der Waals surface area contributed by atoms with Crippen molar-refractivity contribution >= 4 is 29.1 Å². The van der Waals surface area contributed by atoms with E-state index in [9.17, 15) is 9.18 Å². The number of unbranched alkanes of at least 4 members (excludes halogenated alkanes) is 1. The zero-order valence-corrected chi connectivity index (χ0v) is 24.2. The van der Waals surface area contributed by atoms with Gasteiger partial charge in [-0.3, -0.25) is 14.8 Å². The standard InChI is InChI=1S/C25H27FN8O.C5H12O/c1-16(2)23-19-11-18(12-20(26)24(19)32-31-23)21-5-6-27-25(29-21)30-22-4-3-17(13-28-22)14-33-7-9-34(15-35)10-8-33;1-3-4-5-6-2/h3-6,11-13,15-16H,7-10,14H2,1-2H3,(H,31,32)(H,27,28,29,30);3-5H2,1-2H3. The van der Waals surface area contributed by atoms with Crippen LogP contribution in [0.3, 0.4) is 0 Å². The zero-order chi connectivity index (χ0) is 29.2. The molecule has 1 saturated heterocycles. The van der Waals surface area contributed by atoms with Crippen LogP contribution in [-0.4, -0.2) is 81.3 Å². The number of nitrogens with zero attached hydrogens (tertiary/aromatic N) is 6. The third kappa shape index (κ3) is 8.05. The summed E-state index contributed by atoms with van der Waals surface area (Å²) >= 11 is 0. The summed E-state index contributed by atoms with van der Waals surface area (Å²) in [7, 11) is 1.73. The normalized spacial score (nSPS) is 13.8. The Hall–Kier alpha value is -3.96. The molecule has 4 aromatic rings. The molecule has 0 bridgehead atoms. The van der Waals surface area contributed by atoms with Crippen molar-refractivity contribution in [3.8, 4) is 11.3 Å². The SMILES string of the molecule is CC(C)c1[nH]nc2c(F)cc(-c3ccnc(Nc4ccc(CN5CCN(C=O)CC5)cn4)n3)cc12.CCCCOC. The van der Waals surface area contributed by atoms with Crippen LogP contribution in [0.5, 0.6) is 0 Å². The van der Waals surface area contributed by atoms with E-state index in [4.69, 9.17) is 4.74 Å². The number of carbonyl (C=O) groups excluding carboxylic acids is 1. The fourth-order valence-electron chi connectivity index (χ4n) is 4.54. The van der Waals surface area contributed by atoms with Crippen molar-refractivity contribution in [2.75, 3.05) is 45.2 Å². The number of halogens is 1. The van der Waals surface area contributed by atoms with Crippen molar-refractivity contribution in [2.24, 2.45) is 0 Å². The van der Waals surface area contributed by atoms with Crippen LogP contribution in [-0.2, 0) is 16.1 Å². The van der Waals surface area contributed by atoms with Crippen LogP contribution in [0.2, 0.25) is 0 Å². The van der Waals surface area contributed by atoms with Gasteiger partial charge in [0.15, 0.2) is 5.82 Å². The molecule has 11 heteroatoms. The number of fused-ring (bicyclic) bond motifs is 1. The molecule has 2 N–H and O–H groups in total. The largest absolute Gasteiger partial charge is 0.385 e. The smallest absolute Gasteiger partial charge is 0.228 e. The number of pyridine rings is 1. The van der Waals surface area contributed by atoms with Crippen molar-refractivity contribution in [3.63, 3.8) is 0 Å². The summed E-state index contributed by atoms with van der Waals surface area (Å²) in [6.45, 7) is 11.1. The minimum atomic E-state index is -0.390. The molecule has 0 radical (unpaired) electrons. The molecular formula is C30H39FN8O2. The van der Waals surface area contributed by atoms with E-state index in [2.05, 4.69) is 42.3 Å². The Bertz CT molecular complexity index is 1400. The lowest BCUT2D eigenvalue weighted by Crippen LogP contribution is -2.45. The molecule has 4 heterocycles. The Morgan fingerprint density at radius 3 is 2.59 bits per heavy atom. The van der Waals surface area contributed by atoms with Crippen molar-refractivity contribution in [3.05, 3.63) is 59.8 Å².